The highest BCUT2D eigenvalue weighted by Gasteiger charge is 2.21. The summed E-state index contributed by atoms with van der Waals surface area (Å²) in [4.78, 5) is 8.76. The normalized spacial score (nSPS) is 12.0. The maximum atomic E-state index is 5.36. The third kappa shape index (κ3) is 3.71. The molecule has 1 atom stereocenters. The van der Waals surface area contributed by atoms with E-state index in [1.807, 2.05) is 18.2 Å². The first kappa shape index (κ1) is 15.7. The van der Waals surface area contributed by atoms with Crippen LogP contribution >= 0.6 is 15.9 Å². The Morgan fingerprint density at radius 1 is 1.29 bits per heavy atom. The van der Waals surface area contributed by atoms with E-state index in [4.69, 9.17) is 9.47 Å². The van der Waals surface area contributed by atoms with Crippen molar-refractivity contribution in [2.75, 3.05) is 20.8 Å². The average molecular weight is 352 g/mol. The van der Waals surface area contributed by atoms with Gasteiger partial charge in [-0.15, -0.1) is 0 Å². The van der Waals surface area contributed by atoms with Gasteiger partial charge in [0, 0.05) is 4.47 Å². The summed E-state index contributed by atoms with van der Waals surface area (Å²) in [6, 6.07) is 7.99. The van der Waals surface area contributed by atoms with Crippen LogP contribution in [0.2, 0.25) is 0 Å². The molecule has 0 saturated heterocycles. The molecule has 0 amide bonds. The molecule has 0 spiro atoms. The fraction of sp³-hybridized carbons (Fsp3) is 0.333. The maximum absolute atomic E-state index is 5.36. The minimum absolute atomic E-state index is 0.0964. The van der Waals surface area contributed by atoms with Crippen LogP contribution in [-0.4, -0.2) is 30.7 Å². The second-order valence-electron chi connectivity index (χ2n) is 4.35. The highest BCUT2D eigenvalue weighted by Crippen LogP contribution is 2.29. The summed E-state index contributed by atoms with van der Waals surface area (Å²) in [6.45, 7) is 2.85. The predicted molar refractivity (Wildman–Crippen MR) is 84.8 cm³/mol. The molecule has 1 aromatic heterocycles. The smallest absolute Gasteiger partial charge is 0.240 e. The summed E-state index contributed by atoms with van der Waals surface area (Å²) in [5.74, 6) is 0.889. The van der Waals surface area contributed by atoms with Gasteiger partial charge in [0.15, 0.2) is 0 Å². The molecule has 0 fully saturated rings. The number of hydrogen-bond acceptors (Lipinski definition) is 5. The van der Waals surface area contributed by atoms with Crippen molar-refractivity contribution in [2.24, 2.45) is 0 Å². The Morgan fingerprint density at radius 2 is 2.10 bits per heavy atom. The van der Waals surface area contributed by atoms with E-state index in [0.29, 0.717) is 11.8 Å². The molecule has 2 rings (SSSR count). The minimum atomic E-state index is -0.0964. The van der Waals surface area contributed by atoms with Crippen molar-refractivity contribution in [3.63, 3.8) is 0 Å². The summed E-state index contributed by atoms with van der Waals surface area (Å²) in [5.41, 5.74) is 1.82. The number of benzene rings is 1. The second-order valence-corrected chi connectivity index (χ2v) is 5.27. The molecule has 0 saturated carbocycles. The molecule has 2 aromatic rings. The van der Waals surface area contributed by atoms with Gasteiger partial charge in [-0.25, -0.2) is 4.98 Å². The van der Waals surface area contributed by atoms with Crippen LogP contribution < -0.4 is 14.8 Å². The van der Waals surface area contributed by atoms with Gasteiger partial charge >= 0.3 is 0 Å². The summed E-state index contributed by atoms with van der Waals surface area (Å²) >= 11 is 3.50. The van der Waals surface area contributed by atoms with Gasteiger partial charge in [-0.2, -0.15) is 4.98 Å². The van der Waals surface area contributed by atoms with Crippen LogP contribution in [0.15, 0.2) is 34.9 Å². The van der Waals surface area contributed by atoms with E-state index in [9.17, 15) is 0 Å². The van der Waals surface area contributed by atoms with Crippen LogP contribution in [0, 0.1) is 0 Å². The summed E-state index contributed by atoms with van der Waals surface area (Å²) < 4.78 is 11.5. The Hall–Kier alpha value is -1.66. The van der Waals surface area contributed by atoms with Gasteiger partial charge in [0.05, 0.1) is 26.5 Å². The predicted octanol–water partition coefficient (Wildman–Crippen LogP) is 2.96. The Morgan fingerprint density at radius 3 is 2.71 bits per heavy atom. The van der Waals surface area contributed by atoms with E-state index in [1.54, 1.807) is 20.4 Å². The number of rotatable bonds is 6. The zero-order valence-electron chi connectivity index (χ0n) is 12.3. The molecule has 21 heavy (non-hydrogen) atoms. The molecule has 112 valence electrons. The van der Waals surface area contributed by atoms with Crippen molar-refractivity contribution >= 4 is 15.9 Å². The van der Waals surface area contributed by atoms with Gasteiger partial charge in [-0.3, -0.25) is 0 Å². The standard InChI is InChI=1S/C15H18BrN3O2/c1-4-17-13(10-6-5-7-11(16)8-10)14-15(21-3)19-12(20-2)9-18-14/h5-9,13,17H,4H2,1-3H3. The van der Waals surface area contributed by atoms with Crippen LogP contribution in [0.4, 0.5) is 0 Å². The number of nitrogens with zero attached hydrogens (tertiary/aromatic N) is 2. The first-order valence-electron chi connectivity index (χ1n) is 6.63. The molecule has 0 aliphatic heterocycles. The first-order valence-corrected chi connectivity index (χ1v) is 7.42. The molecule has 1 heterocycles. The number of nitrogens with one attached hydrogen (secondary N) is 1. The van der Waals surface area contributed by atoms with Crippen molar-refractivity contribution in [3.05, 3.63) is 46.2 Å². The minimum Gasteiger partial charge on any atom is -0.480 e. The van der Waals surface area contributed by atoms with E-state index < -0.39 is 0 Å². The largest absolute Gasteiger partial charge is 0.480 e. The fourth-order valence-electron chi connectivity index (χ4n) is 2.08. The monoisotopic (exact) mass is 351 g/mol. The molecule has 1 N–H and O–H groups in total. The highest BCUT2D eigenvalue weighted by molar-refractivity contribution is 9.10. The van der Waals surface area contributed by atoms with Gasteiger partial charge in [0.25, 0.3) is 0 Å². The molecule has 0 aliphatic rings. The lowest BCUT2D eigenvalue weighted by Crippen LogP contribution is -2.24. The molecule has 0 radical (unpaired) electrons. The molecular weight excluding hydrogens is 334 g/mol. The highest BCUT2D eigenvalue weighted by atomic mass is 79.9. The molecule has 1 aromatic carbocycles. The van der Waals surface area contributed by atoms with Crippen molar-refractivity contribution in [3.8, 4) is 11.8 Å². The van der Waals surface area contributed by atoms with E-state index >= 15 is 0 Å². The Kier molecular flexibility index (Phi) is 5.52. The molecule has 0 aliphatic carbocycles. The van der Waals surface area contributed by atoms with Crippen LogP contribution in [0.25, 0.3) is 0 Å². The molecule has 0 bridgehead atoms. The fourth-order valence-corrected chi connectivity index (χ4v) is 2.49. The molecule has 1 unspecified atom stereocenters. The third-order valence-electron chi connectivity index (χ3n) is 3.01. The lowest BCUT2D eigenvalue weighted by atomic mass is 10.0. The van der Waals surface area contributed by atoms with Crippen LogP contribution in [0.3, 0.4) is 0 Å². The number of methoxy groups -OCH3 is 2. The topological polar surface area (TPSA) is 56.3 Å². The van der Waals surface area contributed by atoms with Crippen molar-refractivity contribution in [2.45, 2.75) is 13.0 Å². The van der Waals surface area contributed by atoms with Gasteiger partial charge in [0.1, 0.15) is 5.69 Å². The van der Waals surface area contributed by atoms with E-state index in [1.165, 1.54) is 0 Å². The zero-order valence-corrected chi connectivity index (χ0v) is 13.8. The lowest BCUT2D eigenvalue weighted by Gasteiger charge is -2.20. The van der Waals surface area contributed by atoms with Gasteiger partial charge in [-0.05, 0) is 24.2 Å². The maximum Gasteiger partial charge on any atom is 0.240 e. The number of hydrogen-bond donors (Lipinski definition) is 1. The second kappa shape index (κ2) is 7.38. The van der Waals surface area contributed by atoms with Crippen LogP contribution in [0.5, 0.6) is 11.8 Å². The van der Waals surface area contributed by atoms with Crippen molar-refractivity contribution in [1.29, 1.82) is 0 Å². The van der Waals surface area contributed by atoms with Gasteiger partial charge in [0.2, 0.25) is 11.8 Å². The number of halogens is 1. The van der Waals surface area contributed by atoms with Crippen molar-refractivity contribution in [1.82, 2.24) is 15.3 Å². The molecular formula is C15H18BrN3O2. The van der Waals surface area contributed by atoms with E-state index in [0.717, 1.165) is 22.3 Å². The quantitative estimate of drug-likeness (QED) is 0.866. The van der Waals surface area contributed by atoms with Crippen LogP contribution in [-0.2, 0) is 0 Å². The Bertz CT molecular complexity index is 607. The number of aromatic nitrogens is 2. The first-order chi connectivity index (χ1) is 10.2. The van der Waals surface area contributed by atoms with Gasteiger partial charge < -0.3 is 14.8 Å². The van der Waals surface area contributed by atoms with Gasteiger partial charge in [-0.1, -0.05) is 35.0 Å². The van der Waals surface area contributed by atoms with Crippen molar-refractivity contribution < 1.29 is 9.47 Å². The Balaban J connectivity index is 2.47. The zero-order chi connectivity index (χ0) is 15.2. The number of ether oxygens (including phenoxy) is 2. The summed E-state index contributed by atoms with van der Waals surface area (Å²) in [7, 11) is 3.13. The SMILES string of the molecule is CCNC(c1cccc(Br)c1)c1ncc(OC)nc1OC. The third-order valence-corrected chi connectivity index (χ3v) is 3.50. The molecule has 5 nitrogen and oxygen atoms in total. The van der Waals surface area contributed by atoms with E-state index in [2.05, 4.69) is 44.2 Å². The summed E-state index contributed by atoms with van der Waals surface area (Å²) in [5, 5.41) is 3.41. The summed E-state index contributed by atoms with van der Waals surface area (Å²) in [6.07, 6.45) is 1.60. The average Bonchev–Trinajstić information content (AvgIpc) is 2.52. The Labute approximate surface area is 132 Å². The lowest BCUT2D eigenvalue weighted by molar-refractivity contribution is 0.352. The van der Waals surface area contributed by atoms with E-state index in [-0.39, 0.29) is 6.04 Å². The van der Waals surface area contributed by atoms with Crippen LogP contribution in [0.1, 0.15) is 24.2 Å². The molecule has 6 heteroatoms.